The second-order valence-electron chi connectivity index (χ2n) is 3.71. The lowest BCUT2D eigenvalue weighted by molar-refractivity contribution is 0.0955. The normalized spacial score (nSPS) is 10.8. The Morgan fingerprint density at radius 3 is 2.45 bits per heavy atom. The molecule has 0 atom stereocenters. The van der Waals surface area contributed by atoms with Crippen LogP contribution in [0, 0.1) is 0 Å². The average molecular weight is 267 g/mol. The van der Waals surface area contributed by atoms with Crippen LogP contribution in [0.25, 0.3) is 0 Å². The van der Waals surface area contributed by atoms with Crippen molar-refractivity contribution in [2.45, 2.75) is 0 Å². The van der Waals surface area contributed by atoms with Crippen molar-refractivity contribution in [3.05, 3.63) is 60.4 Å². The fraction of sp³-hybridized carbons (Fsp3) is 0. The average Bonchev–Trinajstić information content (AvgIpc) is 2.52. The van der Waals surface area contributed by atoms with Crippen LogP contribution in [0.4, 0.5) is 5.69 Å². The van der Waals surface area contributed by atoms with E-state index in [2.05, 4.69) is 26.0 Å². The van der Waals surface area contributed by atoms with Gasteiger partial charge < -0.3 is 0 Å². The van der Waals surface area contributed by atoms with Gasteiger partial charge in [0.05, 0.1) is 18.1 Å². The molecule has 0 saturated carbocycles. The summed E-state index contributed by atoms with van der Waals surface area (Å²) in [6, 6.07) is 12.7. The van der Waals surface area contributed by atoms with Gasteiger partial charge in [0, 0.05) is 18.0 Å². The molecule has 1 aromatic carbocycles. The quantitative estimate of drug-likeness (QED) is 0.641. The third kappa shape index (κ3) is 4.34. The number of amides is 1. The molecule has 20 heavy (non-hydrogen) atoms. The van der Waals surface area contributed by atoms with Crippen molar-refractivity contribution >= 4 is 24.0 Å². The minimum Gasteiger partial charge on any atom is -0.278 e. The Balaban J connectivity index is 1.76. The van der Waals surface area contributed by atoms with Gasteiger partial charge in [0.25, 0.3) is 5.91 Å². The SMILES string of the molecule is O=C(N/N=C\C=N/Nc1ccccc1)c1ccncc1. The second-order valence-corrected chi connectivity index (χ2v) is 3.71. The van der Waals surface area contributed by atoms with E-state index >= 15 is 0 Å². The standard InChI is InChI=1S/C14H13N5O/c20-14(12-6-8-15-9-7-12)19-17-11-10-16-18-13-4-2-1-3-5-13/h1-11,18H,(H,19,20)/b16-10-,17-11-. The Morgan fingerprint density at radius 1 is 1.00 bits per heavy atom. The molecule has 0 aliphatic rings. The molecule has 0 saturated heterocycles. The van der Waals surface area contributed by atoms with E-state index in [0.717, 1.165) is 5.69 Å². The molecule has 100 valence electrons. The van der Waals surface area contributed by atoms with Gasteiger partial charge >= 0.3 is 0 Å². The molecule has 0 aliphatic heterocycles. The number of benzene rings is 1. The zero-order chi connectivity index (χ0) is 14.0. The van der Waals surface area contributed by atoms with Gasteiger partial charge in [-0.2, -0.15) is 10.2 Å². The van der Waals surface area contributed by atoms with Gasteiger partial charge in [-0.15, -0.1) is 0 Å². The molecule has 1 aromatic heterocycles. The number of nitrogens with one attached hydrogen (secondary N) is 2. The van der Waals surface area contributed by atoms with E-state index in [9.17, 15) is 4.79 Å². The molecule has 2 rings (SSSR count). The second kappa shape index (κ2) is 7.42. The van der Waals surface area contributed by atoms with Gasteiger partial charge in [0.1, 0.15) is 0 Å². The summed E-state index contributed by atoms with van der Waals surface area (Å²) in [5.41, 5.74) is 6.57. The molecule has 0 radical (unpaired) electrons. The van der Waals surface area contributed by atoms with Crippen molar-refractivity contribution in [1.29, 1.82) is 0 Å². The first-order valence-electron chi connectivity index (χ1n) is 5.92. The third-order valence-electron chi connectivity index (χ3n) is 2.29. The van der Waals surface area contributed by atoms with Crippen LogP contribution in [0.2, 0.25) is 0 Å². The number of carbonyl (C=O) groups is 1. The molecule has 0 aliphatic carbocycles. The van der Waals surface area contributed by atoms with Crippen LogP contribution in [0.15, 0.2) is 65.1 Å². The van der Waals surface area contributed by atoms with Crippen LogP contribution in [0.3, 0.4) is 0 Å². The number of hydrogen-bond donors (Lipinski definition) is 2. The molecule has 0 fully saturated rings. The van der Waals surface area contributed by atoms with E-state index in [1.54, 1.807) is 24.5 Å². The summed E-state index contributed by atoms with van der Waals surface area (Å²) in [7, 11) is 0. The Morgan fingerprint density at radius 2 is 1.70 bits per heavy atom. The van der Waals surface area contributed by atoms with Crippen molar-refractivity contribution in [1.82, 2.24) is 10.4 Å². The maximum absolute atomic E-state index is 11.6. The number of pyridine rings is 1. The van der Waals surface area contributed by atoms with Crippen LogP contribution in [-0.2, 0) is 0 Å². The number of hydrazone groups is 2. The highest BCUT2D eigenvalue weighted by Crippen LogP contribution is 2.03. The summed E-state index contributed by atoms with van der Waals surface area (Å²) >= 11 is 0. The Kier molecular flexibility index (Phi) is 4.98. The van der Waals surface area contributed by atoms with Gasteiger partial charge in [-0.3, -0.25) is 15.2 Å². The van der Waals surface area contributed by atoms with E-state index in [4.69, 9.17) is 0 Å². The van der Waals surface area contributed by atoms with Crippen LogP contribution in [0.1, 0.15) is 10.4 Å². The van der Waals surface area contributed by atoms with Gasteiger partial charge in [0.2, 0.25) is 0 Å². The maximum Gasteiger partial charge on any atom is 0.271 e. The van der Waals surface area contributed by atoms with Crippen molar-refractivity contribution in [3.8, 4) is 0 Å². The van der Waals surface area contributed by atoms with Crippen LogP contribution in [0.5, 0.6) is 0 Å². The molecule has 1 amide bonds. The highest BCUT2D eigenvalue weighted by Gasteiger charge is 2.01. The van der Waals surface area contributed by atoms with Crippen molar-refractivity contribution in [2.75, 3.05) is 5.43 Å². The van der Waals surface area contributed by atoms with Crippen LogP contribution in [-0.4, -0.2) is 23.3 Å². The molecule has 6 nitrogen and oxygen atoms in total. The van der Waals surface area contributed by atoms with Crippen molar-refractivity contribution in [2.24, 2.45) is 10.2 Å². The number of rotatable bonds is 5. The molecular formula is C14H13N5O. The summed E-state index contributed by atoms with van der Waals surface area (Å²) in [5.74, 6) is -0.298. The highest BCUT2D eigenvalue weighted by atomic mass is 16.2. The topological polar surface area (TPSA) is 78.7 Å². The first-order chi connectivity index (χ1) is 9.86. The summed E-state index contributed by atoms with van der Waals surface area (Å²) in [6.07, 6.45) is 5.92. The Bertz CT molecular complexity index is 595. The number of hydrogen-bond acceptors (Lipinski definition) is 5. The predicted octanol–water partition coefficient (Wildman–Crippen LogP) is 1.90. The Hall–Kier alpha value is -3.02. The lowest BCUT2D eigenvalue weighted by Gasteiger charge is -1.98. The molecular weight excluding hydrogens is 254 g/mol. The highest BCUT2D eigenvalue weighted by molar-refractivity contribution is 6.16. The number of para-hydroxylation sites is 1. The van der Waals surface area contributed by atoms with E-state index < -0.39 is 0 Å². The maximum atomic E-state index is 11.6. The van der Waals surface area contributed by atoms with Gasteiger partial charge in [-0.1, -0.05) is 18.2 Å². The summed E-state index contributed by atoms with van der Waals surface area (Å²) in [5, 5.41) is 7.67. The molecule has 0 bridgehead atoms. The minimum atomic E-state index is -0.298. The lowest BCUT2D eigenvalue weighted by Crippen LogP contribution is -2.17. The first kappa shape index (κ1) is 13.4. The molecule has 0 unspecified atom stereocenters. The molecule has 0 spiro atoms. The van der Waals surface area contributed by atoms with Crippen LogP contribution >= 0.6 is 0 Å². The molecule has 1 heterocycles. The van der Waals surface area contributed by atoms with Crippen molar-refractivity contribution in [3.63, 3.8) is 0 Å². The predicted molar refractivity (Wildman–Crippen MR) is 78.8 cm³/mol. The molecule has 2 N–H and O–H groups in total. The van der Waals surface area contributed by atoms with Crippen molar-refractivity contribution < 1.29 is 4.79 Å². The molecule has 6 heteroatoms. The van der Waals surface area contributed by atoms with E-state index in [1.807, 2.05) is 30.3 Å². The van der Waals surface area contributed by atoms with Gasteiger partial charge in [-0.05, 0) is 24.3 Å². The first-order valence-corrected chi connectivity index (χ1v) is 5.92. The monoisotopic (exact) mass is 267 g/mol. The zero-order valence-corrected chi connectivity index (χ0v) is 10.6. The van der Waals surface area contributed by atoms with Gasteiger partial charge in [0.15, 0.2) is 0 Å². The Labute approximate surface area is 116 Å². The number of anilines is 1. The lowest BCUT2D eigenvalue weighted by atomic mass is 10.3. The fourth-order valence-corrected chi connectivity index (χ4v) is 1.35. The van der Waals surface area contributed by atoms with Crippen LogP contribution < -0.4 is 10.9 Å². The summed E-state index contributed by atoms with van der Waals surface area (Å²) in [4.78, 5) is 15.4. The molecule has 2 aromatic rings. The number of nitrogens with zero attached hydrogens (tertiary/aromatic N) is 3. The largest absolute Gasteiger partial charge is 0.278 e. The van der Waals surface area contributed by atoms with Gasteiger partial charge in [-0.25, -0.2) is 5.43 Å². The summed E-state index contributed by atoms with van der Waals surface area (Å²) in [6.45, 7) is 0. The summed E-state index contributed by atoms with van der Waals surface area (Å²) < 4.78 is 0. The van der Waals surface area contributed by atoms with E-state index in [0.29, 0.717) is 5.56 Å². The number of carbonyl (C=O) groups excluding carboxylic acids is 1. The zero-order valence-electron chi connectivity index (χ0n) is 10.6. The minimum absolute atomic E-state index is 0.298. The number of aromatic nitrogens is 1. The van der Waals surface area contributed by atoms with E-state index in [-0.39, 0.29) is 5.91 Å². The fourth-order valence-electron chi connectivity index (χ4n) is 1.35. The van der Waals surface area contributed by atoms with E-state index in [1.165, 1.54) is 12.4 Å². The third-order valence-corrected chi connectivity index (χ3v) is 2.29. The smallest absolute Gasteiger partial charge is 0.271 e.